The van der Waals surface area contributed by atoms with Gasteiger partial charge in [0.05, 0.1) is 16.7 Å². The second-order valence-corrected chi connectivity index (χ2v) is 4.51. The van der Waals surface area contributed by atoms with E-state index in [2.05, 4.69) is 17.2 Å². The first-order valence-corrected chi connectivity index (χ1v) is 6.75. The number of nitro groups is 1. The van der Waals surface area contributed by atoms with Crippen LogP contribution in [0.15, 0.2) is 42.6 Å². The zero-order chi connectivity index (χ0) is 15.1. The highest BCUT2D eigenvalue weighted by atomic mass is 16.6. The molecular weight excluding hydrogens is 270 g/mol. The predicted octanol–water partition coefficient (Wildman–Crippen LogP) is 3.39. The fraction of sp³-hybridized carbons (Fsp3) is 0.267. The maximum Gasteiger partial charge on any atom is 0.273 e. The summed E-state index contributed by atoms with van der Waals surface area (Å²) >= 11 is 0. The van der Waals surface area contributed by atoms with Crippen LogP contribution in [0.3, 0.4) is 0 Å². The zero-order valence-corrected chi connectivity index (χ0v) is 11.8. The number of aromatic nitrogens is 1. The maximum atomic E-state index is 10.7. The predicted molar refractivity (Wildman–Crippen MR) is 80.4 cm³/mol. The van der Waals surface area contributed by atoms with Gasteiger partial charge >= 0.3 is 0 Å². The molecule has 0 aliphatic heterocycles. The van der Waals surface area contributed by atoms with Gasteiger partial charge in [0.2, 0.25) is 0 Å². The summed E-state index contributed by atoms with van der Waals surface area (Å²) in [5, 5.41) is 14.0. The van der Waals surface area contributed by atoms with Gasteiger partial charge in [0.15, 0.2) is 0 Å². The van der Waals surface area contributed by atoms with Crippen LogP contribution >= 0.6 is 0 Å². The van der Waals surface area contributed by atoms with Gasteiger partial charge in [-0.3, -0.25) is 15.1 Å². The second-order valence-electron chi connectivity index (χ2n) is 4.51. The van der Waals surface area contributed by atoms with Crippen LogP contribution in [-0.4, -0.2) is 16.5 Å². The van der Waals surface area contributed by atoms with Gasteiger partial charge in [-0.05, 0) is 24.6 Å². The number of rotatable bonds is 7. The molecule has 110 valence electrons. The van der Waals surface area contributed by atoms with Crippen LogP contribution in [0.25, 0.3) is 0 Å². The number of pyridine rings is 1. The van der Waals surface area contributed by atoms with E-state index in [4.69, 9.17) is 4.74 Å². The lowest BCUT2D eigenvalue weighted by Crippen LogP contribution is -2.03. The van der Waals surface area contributed by atoms with Crippen molar-refractivity contribution in [2.75, 3.05) is 11.9 Å². The number of nitrogens with zero attached hydrogens (tertiary/aromatic N) is 2. The van der Waals surface area contributed by atoms with E-state index in [9.17, 15) is 10.1 Å². The average molecular weight is 287 g/mol. The Morgan fingerprint density at radius 2 is 2.19 bits per heavy atom. The minimum Gasteiger partial charge on any atom is -0.487 e. The van der Waals surface area contributed by atoms with Crippen LogP contribution in [0, 0.1) is 10.1 Å². The highest BCUT2D eigenvalue weighted by molar-refractivity contribution is 5.43. The van der Waals surface area contributed by atoms with Crippen molar-refractivity contribution in [3.8, 4) is 5.75 Å². The highest BCUT2D eigenvalue weighted by Gasteiger charge is 2.06. The van der Waals surface area contributed by atoms with E-state index in [1.54, 1.807) is 18.3 Å². The Hall–Kier alpha value is -2.63. The summed E-state index contributed by atoms with van der Waals surface area (Å²) in [7, 11) is 0. The van der Waals surface area contributed by atoms with Crippen molar-refractivity contribution in [3.63, 3.8) is 0 Å². The van der Waals surface area contributed by atoms with Gasteiger partial charge in [-0.15, -0.1) is 0 Å². The van der Waals surface area contributed by atoms with Gasteiger partial charge in [-0.25, -0.2) is 0 Å². The van der Waals surface area contributed by atoms with Crippen LogP contribution in [-0.2, 0) is 6.61 Å². The number of benzene rings is 1. The van der Waals surface area contributed by atoms with Crippen LogP contribution in [0.1, 0.15) is 19.0 Å². The van der Waals surface area contributed by atoms with E-state index in [0.29, 0.717) is 5.75 Å². The molecule has 0 fully saturated rings. The van der Waals surface area contributed by atoms with Gasteiger partial charge in [-0.2, -0.15) is 0 Å². The fourth-order valence-electron chi connectivity index (χ4n) is 1.78. The quantitative estimate of drug-likeness (QED) is 0.624. The first kappa shape index (κ1) is 14.8. The number of hydrogen-bond acceptors (Lipinski definition) is 5. The Morgan fingerprint density at radius 3 is 2.95 bits per heavy atom. The highest BCUT2D eigenvalue weighted by Crippen LogP contribution is 2.20. The molecule has 1 N–H and O–H groups in total. The molecule has 0 bridgehead atoms. The zero-order valence-electron chi connectivity index (χ0n) is 11.8. The monoisotopic (exact) mass is 287 g/mol. The summed E-state index contributed by atoms with van der Waals surface area (Å²) < 4.78 is 5.55. The molecule has 0 aliphatic carbocycles. The first-order valence-electron chi connectivity index (χ1n) is 6.75. The van der Waals surface area contributed by atoms with E-state index in [-0.39, 0.29) is 12.3 Å². The molecule has 6 heteroatoms. The molecule has 21 heavy (non-hydrogen) atoms. The molecule has 0 atom stereocenters. The lowest BCUT2D eigenvalue weighted by atomic mass is 10.3. The summed E-state index contributed by atoms with van der Waals surface area (Å²) in [6.45, 7) is 3.26. The number of nitro benzene ring substituents is 1. The van der Waals surface area contributed by atoms with E-state index in [0.717, 1.165) is 24.3 Å². The summed E-state index contributed by atoms with van der Waals surface area (Å²) in [5.41, 5.74) is 1.77. The Kier molecular flexibility index (Phi) is 5.09. The van der Waals surface area contributed by atoms with Crippen LogP contribution in [0.2, 0.25) is 0 Å². The number of non-ortho nitro benzene ring substituents is 1. The fourth-order valence-corrected chi connectivity index (χ4v) is 1.78. The third kappa shape index (κ3) is 4.45. The SMILES string of the molecule is CCCNc1ccnc(COc2cccc([N+](=O)[O-])c2)c1. The third-order valence-corrected chi connectivity index (χ3v) is 2.81. The number of ether oxygens (including phenoxy) is 1. The summed E-state index contributed by atoms with van der Waals surface area (Å²) in [4.78, 5) is 14.5. The largest absolute Gasteiger partial charge is 0.487 e. The number of nitrogens with one attached hydrogen (secondary N) is 1. The van der Waals surface area contributed by atoms with E-state index < -0.39 is 4.92 Å². The van der Waals surface area contributed by atoms with Crippen molar-refractivity contribution < 1.29 is 9.66 Å². The Labute approximate surface area is 122 Å². The maximum absolute atomic E-state index is 10.7. The van der Waals surface area contributed by atoms with Gasteiger partial charge in [-0.1, -0.05) is 13.0 Å². The van der Waals surface area contributed by atoms with Crippen molar-refractivity contribution in [2.45, 2.75) is 20.0 Å². The molecule has 0 saturated carbocycles. The summed E-state index contributed by atoms with van der Waals surface area (Å²) in [6, 6.07) is 9.92. The molecule has 0 amide bonds. The molecule has 0 spiro atoms. The first-order chi connectivity index (χ1) is 10.2. The molecule has 0 aliphatic rings. The Bertz CT molecular complexity index is 617. The van der Waals surface area contributed by atoms with Crippen molar-refractivity contribution in [1.82, 2.24) is 4.98 Å². The van der Waals surface area contributed by atoms with Gasteiger partial charge in [0.25, 0.3) is 5.69 Å². The Morgan fingerprint density at radius 1 is 1.33 bits per heavy atom. The average Bonchev–Trinajstić information content (AvgIpc) is 2.51. The number of hydrogen-bond donors (Lipinski definition) is 1. The number of anilines is 1. The second kappa shape index (κ2) is 7.23. The molecule has 0 unspecified atom stereocenters. The lowest BCUT2D eigenvalue weighted by Gasteiger charge is -2.08. The lowest BCUT2D eigenvalue weighted by molar-refractivity contribution is -0.384. The third-order valence-electron chi connectivity index (χ3n) is 2.81. The summed E-state index contributed by atoms with van der Waals surface area (Å²) in [6.07, 6.45) is 2.76. The molecule has 0 radical (unpaired) electrons. The van der Waals surface area contributed by atoms with Crippen molar-refractivity contribution >= 4 is 11.4 Å². The normalized spacial score (nSPS) is 10.1. The molecule has 2 aromatic rings. The topological polar surface area (TPSA) is 77.3 Å². The van der Waals surface area contributed by atoms with E-state index >= 15 is 0 Å². The molecule has 2 rings (SSSR count). The van der Waals surface area contributed by atoms with Gasteiger partial charge in [0.1, 0.15) is 12.4 Å². The molecule has 6 nitrogen and oxygen atoms in total. The molecule has 0 saturated heterocycles. The van der Waals surface area contributed by atoms with E-state index in [1.165, 1.54) is 12.1 Å². The van der Waals surface area contributed by atoms with Crippen LogP contribution < -0.4 is 10.1 Å². The van der Waals surface area contributed by atoms with Gasteiger partial charge < -0.3 is 10.1 Å². The van der Waals surface area contributed by atoms with Crippen LogP contribution in [0.4, 0.5) is 11.4 Å². The minimum absolute atomic E-state index is 0.0128. The molecule has 1 aromatic carbocycles. The van der Waals surface area contributed by atoms with Crippen molar-refractivity contribution in [1.29, 1.82) is 0 Å². The van der Waals surface area contributed by atoms with Gasteiger partial charge in [0, 0.05) is 24.5 Å². The molecular formula is C15H17N3O3. The summed E-state index contributed by atoms with van der Waals surface area (Å²) in [5.74, 6) is 0.456. The van der Waals surface area contributed by atoms with E-state index in [1.807, 2.05) is 12.1 Å². The van der Waals surface area contributed by atoms with Crippen molar-refractivity contribution in [3.05, 3.63) is 58.4 Å². The molecule has 1 heterocycles. The Balaban J connectivity index is 1.99. The smallest absolute Gasteiger partial charge is 0.273 e. The van der Waals surface area contributed by atoms with Crippen LogP contribution in [0.5, 0.6) is 5.75 Å². The molecule has 1 aromatic heterocycles. The minimum atomic E-state index is -0.444. The standard InChI is InChI=1S/C15H17N3O3/c1-2-7-16-12-6-8-17-13(9-12)11-21-15-5-3-4-14(10-15)18(19)20/h3-6,8-10H,2,7,11H2,1H3,(H,16,17). The van der Waals surface area contributed by atoms with Crippen molar-refractivity contribution in [2.24, 2.45) is 0 Å².